The molecule has 3 rings (SSSR count). The molecule has 2 aliphatic rings. The summed E-state index contributed by atoms with van der Waals surface area (Å²) in [5.41, 5.74) is 2.22. The largest absolute Gasteiger partial charge is 0.299 e. The maximum absolute atomic E-state index is 2.64. The van der Waals surface area contributed by atoms with Crippen molar-refractivity contribution >= 4 is 0 Å². The smallest absolute Gasteiger partial charge is 0.0233 e. The molecule has 1 saturated carbocycles. The quantitative estimate of drug-likeness (QED) is 0.711. The third kappa shape index (κ3) is 2.07. The van der Waals surface area contributed by atoms with Gasteiger partial charge in [0.15, 0.2) is 0 Å². The molecule has 0 atom stereocenters. The number of nitrogens with zero attached hydrogens (tertiary/aromatic N) is 1. The fourth-order valence-electron chi connectivity index (χ4n) is 2.87. The van der Waals surface area contributed by atoms with Crippen molar-refractivity contribution in [1.82, 2.24) is 4.90 Å². The lowest BCUT2D eigenvalue weighted by Crippen LogP contribution is -2.35. The van der Waals surface area contributed by atoms with Gasteiger partial charge in [0, 0.05) is 13.1 Å². The highest BCUT2D eigenvalue weighted by molar-refractivity contribution is 5.15. The Balaban J connectivity index is 1.63. The van der Waals surface area contributed by atoms with Gasteiger partial charge in [-0.15, -0.1) is 0 Å². The van der Waals surface area contributed by atoms with Gasteiger partial charge >= 0.3 is 0 Å². The van der Waals surface area contributed by atoms with Gasteiger partial charge in [0.05, 0.1) is 0 Å². The van der Waals surface area contributed by atoms with E-state index in [1.165, 1.54) is 44.3 Å². The lowest BCUT2D eigenvalue weighted by molar-refractivity contribution is 0.154. The first kappa shape index (κ1) is 9.41. The normalized spacial score (nSPS) is 24.3. The summed E-state index contributed by atoms with van der Waals surface area (Å²) in [5.74, 6) is 0. The van der Waals surface area contributed by atoms with Crippen molar-refractivity contribution in [1.29, 1.82) is 0 Å². The molecule has 1 saturated heterocycles. The fraction of sp³-hybridized carbons (Fsp3) is 0.571. The predicted octanol–water partition coefficient (Wildman–Crippen LogP) is 3.06. The maximum atomic E-state index is 2.64. The Morgan fingerprint density at radius 2 is 1.87 bits per heavy atom. The first-order valence-electron chi connectivity index (χ1n) is 6.13. The van der Waals surface area contributed by atoms with Gasteiger partial charge in [0.25, 0.3) is 0 Å². The van der Waals surface area contributed by atoms with E-state index in [0.29, 0.717) is 0 Å². The van der Waals surface area contributed by atoms with E-state index in [9.17, 15) is 0 Å². The van der Waals surface area contributed by atoms with Crippen LogP contribution in [0.4, 0.5) is 0 Å². The van der Waals surface area contributed by atoms with E-state index >= 15 is 0 Å². The summed E-state index contributed by atoms with van der Waals surface area (Å²) in [6, 6.07) is 10.9. The summed E-state index contributed by atoms with van der Waals surface area (Å²) < 4.78 is 0. The van der Waals surface area contributed by atoms with E-state index in [0.717, 1.165) is 12.0 Å². The summed E-state index contributed by atoms with van der Waals surface area (Å²) in [7, 11) is 0. The Hall–Kier alpha value is -0.820. The summed E-state index contributed by atoms with van der Waals surface area (Å²) in [4.78, 5) is 2.64. The number of hydrogen-bond acceptors (Lipinski definition) is 1. The topological polar surface area (TPSA) is 3.24 Å². The van der Waals surface area contributed by atoms with Gasteiger partial charge in [-0.05, 0) is 43.2 Å². The third-order valence-corrected chi connectivity index (χ3v) is 3.95. The van der Waals surface area contributed by atoms with Crippen LogP contribution >= 0.6 is 0 Å². The number of likely N-dealkylation sites (tertiary alicyclic amines) is 1. The minimum absolute atomic E-state index is 0.757. The van der Waals surface area contributed by atoms with Crippen molar-refractivity contribution in [3.05, 3.63) is 35.9 Å². The van der Waals surface area contributed by atoms with Gasteiger partial charge in [0.1, 0.15) is 0 Å². The molecule has 1 aromatic carbocycles. The highest BCUT2D eigenvalue weighted by atomic mass is 15.1. The van der Waals surface area contributed by atoms with Crippen molar-refractivity contribution in [2.45, 2.75) is 32.2 Å². The van der Waals surface area contributed by atoms with Crippen molar-refractivity contribution in [3.8, 4) is 0 Å². The third-order valence-electron chi connectivity index (χ3n) is 3.95. The molecule has 80 valence electrons. The summed E-state index contributed by atoms with van der Waals surface area (Å²) in [5, 5.41) is 0. The van der Waals surface area contributed by atoms with Crippen LogP contribution in [0.2, 0.25) is 0 Å². The predicted molar refractivity (Wildman–Crippen MR) is 62.6 cm³/mol. The molecule has 2 fully saturated rings. The van der Waals surface area contributed by atoms with Gasteiger partial charge in [0.2, 0.25) is 0 Å². The van der Waals surface area contributed by atoms with E-state index in [1.54, 1.807) is 0 Å². The second-order valence-electron chi connectivity index (χ2n) is 5.30. The molecule has 1 aromatic rings. The van der Waals surface area contributed by atoms with Crippen LogP contribution in [0, 0.1) is 5.41 Å². The highest BCUT2D eigenvalue weighted by Gasteiger charge is 2.45. The summed E-state index contributed by atoms with van der Waals surface area (Å²) in [6.45, 7) is 3.81. The minimum Gasteiger partial charge on any atom is -0.299 e. The van der Waals surface area contributed by atoms with E-state index in [-0.39, 0.29) is 0 Å². The minimum atomic E-state index is 0.757. The van der Waals surface area contributed by atoms with Crippen molar-refractivity contribution in [3.63, 3.8) is 0 Å². The van der Waals surface area contributed by atoms with E-state index < -0.39 is 0 Å². The average molecular weight is 201 g/mol. The van der Waals surface area contributed by atoms with Crippen LogP contribution in [0.25, 0.3) is 0 Å². The number of benzene rings is 1. The zero-order valence-corrected chi connectivity index (χ0v) is 9.28. The Bertz CT molecular complexity index is 326. The van der Waals surface area contributed by atoms with Crippen molar-refractivity contribution < 1.29 is 0 Å². The van der Waals surface area contributed by atoms with Crippen LogP contribution in [0.3, 0.4) is 0 Å². The SMILES string of the molecule is c1ccc(CN2CCCC3(CC3)C2)cc1. The van der Waals surface area contributed by atoms with Crippen LogP contribution in [0.1, 0.15) is 31.2 Å². The zero-order chi connectivity index (χ0) is 10.1. The monoisotopic (exact) mass is 201 g/mol. The van der Waals surface area contributed by atoms with Crippen molar-refractivity contribution in [2.24, 2.45) is 5.41 Å². The van der Waals surface area contributed by atoms with Crippen LogP contribution in [-0.4, -0.2) is 18.0 Å². The molecular weight excluding hydrogens is 182 g/mol. The molecule has 15 heavy (non-hydrogen) atoms. The second-order valence-corrected chi connectivity index (χ2v) is 5.30. The lowest BCUT2D eigenvalue weighted by Gasteiger charge is -2.32. The lowest BCUT2D eigenvalue weighted by atomic mass is 9.95. The highest BCUT2D eigenvalue weighted by Crippen LogP contribution is 2.52. The van der Waals surface area contributed by atoms with Crippen LogP contribution in [0.5, 0.6) is 0 Å². The second kappa shape index (κ2) is 3.64. The molecule has 0 aromatic heterocycles. The van der Waals surface area contributed by atoms with E-state index in [2.05, 4.69) is 35.2 Å². The number of piperidine rings is 1. The summed E-state index contributed by atoms with van der Waals surface area (Å²) >= 11 is 0. The molecule has 1 aliphatic heterocycles. The van der Waals surface area contributed by atoms with Gasteiger partial charge in [-0.3, -0.25) is 4.90 Å². The van der Waals surface area contributed by atoms with Gasteiger partial charge < -0.3 is 0 Å². The van der Waals surface area contributed by atoms with Gasteiger partial charge in [-0.25, -0.2) is 0 Å². The zero-order valence-electron chi connectivity index (χ0n) is 9.28. The molecule has 0 amide bonds. The van der Waals surface area contributed by atoms with E-state index in [1.807, 2.05) is 0 Å². The molecule has 1 heterocycles. The Morgan fingerprint density at radius 1 is 1.07 bits per heavy atom. The first-order valence-corrected chi connectivity index (χ1v) is 6.13. The Morgan fingerprint density at radius 3 is 2.60 bits per heavy atom. The first-order chi connectivity index (χ1) is 7.36. The van der Waals surface area contributed by atoms with Crippen LogP contribution in [0.15, 0.2) is 30.3 Å². The molecule has 1 spiro atoms. The van der Waals surface area contributed by atoms with E-state index in [4.69, 9.17) is 0 Å². The molecule has 1 aliphatic carbocycles. The molecule has 0 radical (unpaired) electrons. The standard InChI is InChI=1S/C14H19N/c1-2-5-13(6-3-1)11-15-10-4-7-14(12-15)8-9-14/h1-3,5-6H,4,7-12H2. The average Bonchev–Trinajstić information content (AvgIpc) is 2.99. The molecule has 1 heteroatoms. The Labute approximate surface area is 92.1 Å². The van der Waals surface area contributed by atoms with Crippen LogP contribution in [-0.2, 0) is 6.54 Å². The van der Waals surface area contributed by atoms with Crippen LogP contribution < -0.4 is 0 Å². The number of rotatable bonds is 2. The fourth-order valence-corrected chi connectivity index (χ4v) is 2.87. The molecule has 0 N–H and O–H groups in total. The molecule has 0 unspecified atom stereocenters. The van der Waals surface area contributed by atoms with Crippen molar-refractivity contribution in [2.75, 3.05) is 13.1 Å². The van der Waals surface area contributed by atoms with Gasteiger partial charge in [-0.1, -0.05) is 30.3 Å². The molecule has 1 nitrogen and oxygen atoms in total. The van der Waals surface area contributed by atoms with Gasteiger partial charge in [-0.2, -0.15) is 0 Å². The molecule has 0 bridgehead atoms. The number of hydrogen-bond donors (Lipinski definition) is 0. The maximum Gasteiger partial charge on any atom is 0.0233 e. The molecular formula is C14H19N. The summed E-state index contributed by atoms with van der Waals surface area (Å²) in [6.07, 6.45) is 5.86. The Kier molecular flexibility index (Phi) is 2.28.